The first-order chi connectivity index (χ1) is 6.49. The fraction of sp³-hybridized carbons (Fsp3) is 0.583. The van der Waals surface area contributed by atoms with Gasteiger partial charge in [-0.25, -0.2) is 0 Å². The quantitative estimate of drug-likeness (QED) is 0.499. The number of esters is 1. The molecule has 0 amide bonds. The molecule has 0 rings (SSSR count). The van der Waals surface area contributed by atoms with Crippen molar-refractivity contribution in [3.63, 3.8) is 0 Å². The molecule has 2 nitrogen and oxygen atoms in total. The Morgan fingerprint density at radius 3 is 2.36 bits per heavy atom. The fourth-order valence-electron chi connectivity index (χ4n) is 1.09. The van der Waals surface area contributed by atoms with Crippen LogP contribution in [0, 0.1) is 5.92 Å². The van der Waals surface area contributed by atoms with Gasteiger partial charge in [0.2, 0.25) is 0 Å². The van der Waals surface area contributed by atoms with Gasteiger partial charge in [-0.05, 0) is 34.1 Å². The highest BCUT2D eigenvalue weighted by molar-refractivity contribution is 5.75. The van der Waals surface area contributed by atoms with E-state index >= 15 is 0 Å². The van der Waals surface area contributed by atoms with Crippen LogP contribution in [0.25, 0.3) is 0 Å². The molecule has 0 spiro atoms. The van der Waals surface area contributed by atoms with Crippen molar-refractivity contribution in [1.29, 1.82) is 0 Å². The first kappa shape index (κ1) is 12.9. The molecular formula is C12H20O2. The van der Waals surface area contributed by atoms with Gasteiger partial charge in [0, 0.05) is 0 Å². The minimum Gasteiger partial charge on any atom is -0.466 e. The molecule has 0 aromatic rings. The van der Waals surface area contributed by atoms with E-state index in [1.807, 2.05) is 33.8 Å². The molecule has 0 N–H and O–H groups in total. The zero-order chi connectivity index (χ0) is 11.1. The number of ether oxygens (including phenoxy) is 1. The van der Waals surface area contributed by atoms with Crippen molar-refractivity contribution < 1.29 is 9.53 Å². The number of hydrogen-bond acceptors (Lipinski definition) is 2. The third-order valence-electron chi connectivity index (χ3n) is 1.93. The highest BCUT2D eigenvalue weighted by Crippen LogP contribution is 2.16. The molecule has 0 aromatic carbocycles. The average Bonchev–Trinajstić information content (AvgIpc) is 2.03. The Bertz CT molecular complexity index is 235. The number of carbonyl (C=O) groups is 1. The summed E-state index contributed by atoms with van der Waals surface area (Å²) in [5, 5.41) is 0. The molecule has 80 valence electrons. The highest BCUT2D eigenvalue weighted by Gasteiger charge is 2.18. The summed E-state index contributed by atoms with van der Waals surface area (Å²) in [6, 6.07) is 0. The maximum atomic E-state index is 11.5. The van der Waals surface area contributed by atoms with Gasteiger partial charge in [0.25, 0.3) is 0 Å². The van der Waals surface area contributed by atoms with E-state index in [2.05, 4.69) is 6.58 Å². The molecule has 0 unspecified atom stereocenters. The van der Waals surface area contributed by atoms with E-state index in [1.54, 1.807) is 0 Å². The van der Waals surface area contributed by atoms with Crippen molar-refractivity contribution in [3.05, 3.63) is 23.8 Å². The Labute approximate surface area is 86.6 Å². The van der Waals surface area contributed by atoms with Crippen LogP contribution in [-0.4, -0.2) is 12.6 Å². The lowest BCUT2D eigenvalue weighted by atomic mass is 9.97. The van der Waals surface area contributed by atoms with Crippen molar-refractivity contribution >= 4 is 5.97 Å². The Balaban J connectivity index is 4.37. The zero-order valence-electron chi connectivity index (χ0n) is 9.59. The van der Waals surface area contributed by atoms with Gasteiger partial charge in [-0.3, -0.25) is 4.79 Å². The Kier molecular flexibility index (Phi) is 5.93. The molecule has 0 heterocycles. The van der Waals surface area contributed by atoms with Crippen LogP contribution in [0.1, 0.15) is 34.1 Å². The monoisotopic (exact) mass is 196 g/mol. The molecule has 0 aromatic heterocycles. The van der Waals surface area contributed by atoms with Gasteiger partial charge >= 0.3 is 5.97 Å². The van der Waals surface area contributed by atoms with E-state index in [4.69, 9.17) is 4.74 Å². The number of carbonyl (C=O) groups excluding carboxylic acids is 1. The third kappa shape index (κ3) is 4.85. The van der Waals surface area contributed by atoms with Gasteiger partial charge in [-0.2, -0.15) is 0 Å². The lowest BCUT2D eigenvalue weighted by molar-refractivity contribution is -0.146. The van der Waals surface area contributed by atoms with E-state index in [0.717, 1.165) is 5.57 Å². The first-order valence-electron chi connectivity index (χ1n) is 4.94. The standard InChI is InChI=1S/C12H20O2/c1-6-14-12(13)11(10(4)5)8-7-9(2)3/h7,11H,4,6,8H2,1-3,5H3/t11-/m0/s1. The predicted molar refractivity (Wildman–Crippen MR) is 59.0 cm³/mol. The molecule has 0 aliphatic carbocycles. The highest BCUT2D eigenvalue weighted by atomic mass is 16.5. The number of hydrogen-bond donors (Lipinski definition) is 0. The predicted octanol–water partition coefficient (Wildman–Crippen LogP) is 3.10. The third-order valence-corrected chi connectivity index (χ3v) is 1.93. The molecule has 14 heavy (non-hydrogen) atoms. The van der Waals surface area contributed by atoms with Crippen molar-refractivity contribution in [2.24, 2.45) is 5.92 Å². The van der Waals surface area contributed by atoms with Gasteiger partial charge in [-0.15, -0.1) is 0 Å². The molecule has 0 aliphatic rings. The van der Waals surface area contributed by atoms with Gasteiger partial charge in [0.15, 0.2) is 0 Å². The molecule has 0 aliphatic heterocycles. The molecule has 0 radical (unpaired) electrons. The van der Waals surface area contributed by atoms with Gasteiger partial charge < -0.3 is 4.74 Å². The van der Waals surface area contributed by atoms with Crippen LogP contribution in [0.4, 0.5) is 0 Å². The summed E-state index contributed by atoms with van der Waals surface area (Å²) >= 11 is 0. The summed E-state index contributed by atoms with van der Waals surface area (Å²) in [5.74, 6) is -0.359. The smallest absolute Gasteiger partial charge is 0.313 e. The van der Waals surface area contributed by atoms with Crippen LogP contribution in [0.3, 0.4) is 0 Å². The van der Waals surface area contributed by atoms with Crippen LogP contribution >= 0.6 is 0 Å². The van der Waals surface area contributed by atoms with Crippen molar-refractivity contribution in [2.45, 2.75) is 34.1 Å². The Morgan fingerprint density at radius 1 is 1.43 bits per heavy atom. The van der Waals surface area contributed by atoms with Crippen molar-refractivity contribution in [2.75, 3.05) is 6.61 Å². The van der Waals surface area contributed by atoms with E-state index < -0.39 is 0 Å². The lowest BCUT2D eigenvalue weighted by Gasteiger charge is -2.13. The number of allylic oxidation sites excluding steroid dienone is 2. The van der Waals surface area contributed by atoms with Crippen molar-refractivity contribution in [1.82, 2.24) is 0 Å². The van der Waals surface area contributed by atoms with Crippen LogP contribution in [0.15, 0.2) is 23.8 Å². The van der Waals surface area contributed by atoms with Crippen LogP contribution in [0.2, 0.25) is 0 Å². The van der Waals surface area contributed by atoms with Crippen molar-refractivity contribution in [3.8, 4) is 0 Å². The normalized spacial score (nSPS) is 11.7. The molecule has 0 bridgehead atoms. The van der Waals surface area contributed by atoms with Gasteiger partial charge in [0.05, 0.1) is 12.5 Å². The zero-order valence-corrected chi connectivity index (χ0v) is 9.59. The summed E-state index contributed by atoms with van der Waals surface area (Å²) in [6.45, 7) is 11.9. The van der Waals surface area contributed by atoms with Crippen LogP contribution in [-0.2, 0) is 9.53 Å². The molecule has 0 saturated carbocycles. The van der Waals surface area contributed by atoms with E-state index in [0.29, 0.717) is 13.0 Å². The average molecular weight is 196 g/mol. The minimum absolute atomic E-state index is 0.169. The van der Waals surface area contributed by atoms with E-state index in [9.17, 15) is 4.79 Å². The second kappa shape index (κ2) is 6.41. The summed E-state index contributed by atoms with van der Waals surface area (Å²) in [6.07, 6.45) is 2.73. The minimum atomic E-state index is -0.190. The maximum Gasteiger partial charge on any atom is 0.313 e. The number of rotatable bonds is 5. The van der Waals surface area contributed by atoms with Gasteiger partial charge in [-0.1, -0.05) is 23.8 Å². The lowest BCUT2D eigenvalue weighted by Crippen LogP contribution is -2.18. The molecule has 0 saturated heterocycles. The Hall–Kier alpha value is -1.05. The van der Waals surface area contributed by atoms with Crippen LogP contribution in [0.5, 0.6) is 0 Å². The second-order valence-electron chi connectivity index (χ2n) is 3.67. The second-order valence-corrected chi connectivity index (χ2v) is 3.67. The molecule has 2 heteroatoms. The Morgan fingerprint density at radius 2 is 2.00 bits per heavy atom. The topological polar surface area (TPSA) is 26.3 Å². The SMILES string of the molecule is C=C(C)[C@H](CC=C(C)C)C(=O)OCC. The van der Waals surface area contributed by atoms with E-state index in [1.165, 1.54) is 5.57 Å². The van der Waals surface area contributed by atoms with E-state index in [-0.39, 0.29) is 11.9 Å². The molecule has 0 fully saturated rings. The summed E-state index contributed by atoms with van der Waals surface area (Å²) in [4.78, 5) is 11.5. The summed E-state index contributed by atoms with van der Waals surface area (Å²) in [7, 11) is 0. The fourth-order valence-corrected chi connectivity index (χ4v) is 1.09. The summed E-state index contributed by atoms with van der Waals surface area (Å²) < 4.78 is 4.97. The largest absolute Gasteiger partial charge is 0.466 e. The van der Waals surface area contributed by atoms with Gasteiger partial charge in [0.1, 0.15) is 0 Å². The molecule has 1 atom stereocenters. The molecular weight excluding hydrogens is 176 g/mol. The van der Waals surface area contributed by atoms with Crippen LogP contribution < -0.4 is 0 Å². The maximum absolute atomic E-state index is 11.5. The summed E-state index contributed by atoms with van der Waals surface area (Å²) in [5.41, 5.74) is 2.07. The first-order valence-corrected chi connectivity index (χ1v) is 4.94.